The third-order valence-electron chi connectivity index (χ3n) is 5.49. The number of ether oxygens (including phenoxy) is 4. The summed E-state index contributed by atoms with van der Waals surface area (Å²) in [5, 5.41) is 24.1. The van der Waals surface area contributed by atoms with Crippen LogP contribution in [0.15, 0.2) is 42.5 Å². The molecule has 1 aliphatic heterocycles. The number of benzene rings is 2. The highest BCUT2D eigenvalue weighted by molar-refractivity contribution is 5.95. The Balaban J connectivity index is 1.47. The molecule has 11 nitrogen and oxygen atoms in total. The lowest BCUT2D eigenvalue weighted by Gasteiger charge is -2.32. The molecule has 36 heavy (non-hydrogen) atoms. The molecule has 0 amide bonds. The molecule has 0 aliphatic carbocycles. The summed E-state index contributed by atoms with van der Waals surface area (Å²) in [4.78, 5) is 25.2. The summed E-state index contributed by atoms with van der Waals surface area (Å²) in [6.07, 6.45) is 1.73. The van der Waals surface area contributed by atoms with Crippen molar-refractivity contribution in [2.75, 3.05) is 32.9 Å². The Morgan fingerprint density at radius 1 is 1.00 bits per heavy atom. The number of hydrogen-bond donors (Lipinski definition) is 4. The van der Waals surface area contributed by atoms with E-state index in [1.807, 2.05) is 4.90 Å². The van der Waals surface area contributed by atoms with Crippen LogP contribution in [0.5, 0.6) is 17.2 Å². The van der Waals surface area contributed by atoms with Crippen LogP contribution in [0.3, 0.4) is 0 Å². The van der Waals surface area contributed by atoms with Crippen molar-refractivity contribution in [3.8, 4) is 17.2 Å². The smallest absolute Gasteiger partial charge is 0.341 e. The summed E-state index contributed by atoms with van der Waals surface area (Å²) in [7, 11) is 0. The van der Waals surface area contributed by atoms with E-state index in [0.29, 0.717) is 22.7 Å². The van der Waals surface area contributed by atoms with Crippen LogP contribution in [0.1, 0.15) is 35.7 Å². The van der Waals surface area contributed by atoms with Crippen LogP contribution in [-0.2, 0) is 9.53 Å². The van der Waals surface area contributed by atoms with E-state index in [0.717, 1.165) is 25.9 Å². The zero-order valence-corrected chi connectivity index (χ0v) is 20.0. The zero-order valence-electron chi connectivity index (χ0n) is 20.0. The molecule has 1 heterocycles. The molecule has 0 spiro atoms. The van der Waals surface area contributed by atoms with E-state index >= 15 is 0 Å². The molecule has 1 aliphatic rings. The lowest BCUT2D eigenvalue weighted by atomic mass is 10.1. The van der Waals surface area contributed by atoms with Crippen LogP contribution in [0.25, 0.3) is 0 Å². The SMILES string of the molecule is CC(=N)N1CCC(Oc2ccc(C(=O)OCCOc3cc(C(=N)N)ccc3OCC(=O)O)cc2)CC1. The zero-order chi connectivity index (χ0) is 26.1. The van der Waals surface area contributed by atoms with Gasteiger partial charge in [-0.1, -0.05) is 0 Å². The number of aliphatic carboxylic acids is 1. The van der Waals surface area contributed by atoms with Crippen LogP contribution >= 0.6 is 0 Å². The minimum Gasteiger partial charge on any atom is -0.490 e. The number of carbonyl (C=O) groups excluding carboxylic acids is 1. The van der Waals surface area contributed by atoms with E-state index in [1.54, 1.807) is 31.2 Å². The summed E-state index contributed by atoms with van der Waals surface area (Å²) in [5.74, 6) is -0.274. The molecule has 1 fully saturated rings. The molecule has 3 rings (SSSR count). The summed E-state index contributed by atoms with van der Waals surface area (Å²) in [6.45, 7) is 2.71. The third kappa shape index (κ3) is 7.62. The van der Waals surface area contributed by atoms with E-state index in [1.165, 1.54) is 18.2 Å². The summed E-state index contributed by atoms with van der Waals surface area (Å²) >= 11 is 0. The van der Waals surface area contributed by atoms with Gasteiger partial charge >= 0.3 is 11.9 Å². The average molecular weight is 499 g/mol. The van der Waals surface area contributed by atoms with E-state index in [-0.39, 0.29) is 36.7 Å². The Labute approximate surface area is 208 Å². The summed E-state index contributed by atoms with van der Waals surface area (Å²) in [6, 6.07) is 11.1. The molecule has 1 saturated heterocycles. The second kappa shape index (κ2) is 12.4. The Morgan fingerprint density at radius 2 is 1.67 bits per heavy atom. The first kappa shape index (κ1) is 26.3. The number of nitrogens with two attached hydrogens (primary N) is 1. The maximum atomic E-state index is 12.4. The number of nitrogens with zero attached hydrogens (tertiary/aromatic N) is 1. The molecule has 0 bridgehead atoms. The third-order valence-corrected chi connectivity index (χ3v) is 5.49. The van der Waals surface area contributed by atoms with Gasteiger partial charge in [0.1, 0.15) is 30.9 Å². The van der Waals surface area contributed by atoms with E-state index in [4.69, 9.17) is 40.6 Å². The number of nitrogens with one attached hydrogen (secondary N) is 2. The van der Waals surface area contributed by atoms with Gasteiger partial charge in [-0.25, -0.2) is 9.59 Å². The van der Waals surface area contributed by atoms with Crippen molar-refractivity contribution < 1.29 is 33.6 Å². The second-order valence-corrected chi connectivity index (χ2v) is 8.16. The standard InChI is InChI=1S/C25H30N4O7/c1-16(26)29-10-8-20(9-11-29)36-19-5-2-17(3-6-19)25(32)34-13-12-33-22-14-18(24(27)28)4-7-21(22)35-15-23(30)31/h2-7,14,20,26H,8-13,15H2,1H3,(H3,27,28)(H,30,31). The van der Waals surface area contributed by atoms with Crippen LogP contribution in [-0.4, -0.2) is 72.6 Å². The van der Waals surface area contributed by atoms with Gasteiger partial charge in [0, 0.05) is 31.5 Å². The second-order valence-electron chi connectivity index (χ2n) is 8.16. The highest BCUT2D eigenvalue weighted by Crippen LogP contribution is 2.28. The molecular formula is C25H30N4O7. The monoisotopic (exact) mass is 498 g/mol. The van der Waals surface area contributed by atoms with Gasteiger partial charge in [-0.3, -0.25) is 10.8 Å². The summed E-state index contributed by atoms with van der Waals surface area (Å²) < 4.78 is 22.0. The van der Waals surface area contributed by atoms with Gasteiger partial charge in [0.15, 0.2) is 18.1 Å². The lowest BCUT2D eigenvalue weighted by Crippen LogP contribution is -2.40. The molecule has 0 unspecified atom stereocenters. The lowest BCUT2D eigenvalue weighted by molar-refractivity contribution is -0.139. The molecule has 11 heteroatoms. The summed E-state index contributed by atoms with van der Waals surface area (Å²) in [5.41, 5.74) is 6.24. The van der Waals surface area contributed by atoms with Crippen molar-refractivity contribution in [2.24, 2.45) is 5.73 Å². The number of amidine groups is 2. The maximum Gasteiger partial charge on any atom is 0.341 e. The number of rotatable bonds is 11. The molecule has 0 radical (unpaired) electrons. The minimum atomic E-state index is -1.15. The van der Waals surface area contributed by atoms with Gasteiger partial charge in [-0.2, -0.15) is 0 Å². The van der Waals surface area contributed by atoms with Gasteiger partial charge in [0.2, 0.25) is 0 Å². The van der Waals surface area contributed by atoms with Crippen molar-refractivity contribution in [1.82, 2.24) is 4.90 Å². The molecule has 2 aromatic carbocycles. The van der Waals surface area contributed by atoms with Crippen molar-refractivity contribution in [3.63, 3.8) is 0 Å². The molecule has 5 N–H and O–H groups in total. The number of piperidine rings is 1. The highest BCUT2D eigenvalue weighted by atomic mass is 16.6. The normalized spacial score (nSPS) is 13.5. The maximum absolute atomic E-state index is 12.4. The number of carboxylic acid groups (broad SMARTS) is 1. The van der Waals surface area contributed by atoms with E-state index in [9.17, 15) is 9.59 Å². The number of carboxylic acids is 1. The largest absolute Gasteiger partial charge is 0.490 e. The Morgan fingerprint density at radius 3 is 2.28 bits per heavy atom. The van der Waals surface area contributed by atoms with Crippen molar-refractivity contribution in [3.05, 3.63) is 53.6 Å². The van der Waals surface area contributed by atoms with E-state index < -0.39 is 18.5 Å². The van der Waals surface area contributed by atoms with Crippen LogP contribution < -0.4 is 19.9 Å². The van der Waals surface area contributed by atoms with Gasteiger partial charge in [0.05, 0.1) is 11.4 Å². The fraction of sp³-hybridized carbons (Fsp3) is 0.360. The Kier molecular flexibility index (Phi) is 9.09. The molecule has 0 atom stereocenters. The van der Waals surface area contributed by atoms with Crippen LogP contribution in [0.2, 0.25) is 0 Å². The van der Waals surface area contributed by atoms with Crippen molar-refractivity contribution >= 4 is 23.6 Å². The first-order valence-electron chi connectivity index (χ1n) is 11.4. The minimum absolute atomic E-state index is 0.0222. The van der Waals surface area contributed by atoms with Gasteiger partial charge in [0.25, 0.3) is 0 Å². The topological polar surface area (TPSA) is 168 Å². The molecule has 2 aromatic rings. The molecule has 0 aromatic heterocycles. The van der Waals surface area contributed by atoms with Gasteiger partial charge in [-0.05, 0) is 49.4 Å². The molecule has 192 valence electrons. The van der Waals surface area contributed by atoms with Crippen molar-refractivity contribution in [1.29, 1.82) is 10.8 Å². The van der Waals surface area contributed by atoms with E-state index in [2.05, 4.69) is 0 Å². The average Bonchev–Trinajstić information content (AvgIpc) is 2.86. The predicted octanol–water partition coefficient (Wildman–Crippen LogP) is 2.51. The Bertz CT molecular complexity index is 1100. The molecule has 0 saturated carbocycles. The number of likely N-dealkylation sites (tertiary alicyclic amines) is 1. The van der Waals surface area contributed by atoms with Crippen molar-refractivity contribution in [2.45, 2.75) is 25.9 Å². The fourth-order valence-electron chi connectivity index (χ4n) is 3.59. The predicted molar refractivity (Wildman–Crippen MR) is 131 cm³/mol. The molecular weight excluding hydrogens is 468 g/mol. The van der Waals surface area contributed by atoms with Crippen LogP contribution in [0, 0.1) is 10.8 Å². The number of hydrogen-bond acceptors (Lipinski definition) is 8. The fourth-order valence-corrected chi connectivity index (χ4v) is 3.59. The number of nitrogen functional groups attached to an aromatic ring is 1. The quantitative estimate of drug-likeness (QED) is 0.157. The van der Waals surface area contributed by atoms with Crippen LogP contribution in [0.4, 0.5) is 0 Å². The first-order valence-corrected chi connectivity index (χ1v) is 11.4. The highest BCUT2D eigenvalue weighted by Gasteiger charge is 2.21. The number of esters is 1. The van der Waals surface area contributed by atoms with Gasteiger partial charge < -0.3 is 34.7 Å². The Hall–Kier alpha value is -4.28. The first-order chi connectivity index (χ1) is 17.2. The van der Waals surface area contributed by atoms with Gasteiger partial charge in [-0.15, -0.1) is 0 Å². The number of carbonyl (C=O) groups is 2.